The Kier molecular flexibility index (Phi) is 7.37. The molecule has 1 aromatic heterocycles. The molecule has 0 saturated heterocycles. The molecule has 0 bridgehead atoms. The SMILES string of the molecule is COc1ccc(-c2cc(=O)oc3c(C)c(OCC(=O)NC(CC(C)C)C(=O)O)ccc23)cc1. The highest BCUT2D eigenvalue weighted by Gasteiger charge is 2.21. The van der Waals surface area contributed by atoms with E-state index < -0.39 is 23.5 Å². The van der Waals surface area contributed by atoms with Crippen LogP contribution in [0.3, 0.4) is 0 Å². The van der Waals surface area contributed by atoms with Crippen LogP contribution in [0.1, 0.15) is 25.8 Å². The van der Waals surface area contributed by atoms with E-state index in [2.05, 4.69) is 5.32 Å². The lowest BCUT2D eigenvalue weighted by Crippen LogP contribution is -2.43. The molecule has 1 heterocycles. The molecular weight excluding hydrogens is 426 g/mol. The third-order valence-corrected chi connectivity index (χ3v) is 5.21. The van der Waals surface area contributed by atoms with E-state index in [1.807, 2.05) is 38.1 Å². The van der Waals surface area contributed by atoms with Crippen LogP contribution in [-0.2, 0) is 9.59 Å². The topological polar surface area (TPSA) is 115 Å². The Morgan fingerprint density at radius 2 is 1.82 bits per heavy atom. The number of hydrogen-bond donors (Lipinski definition) is 2. The van der Waals surface area contributed by atoms with E-state index in [0.717, 1.165) is 10.9 Å². The second kappa shape index (κ2) is 10.2. The molecule has 3 aromatic rings. The Hall–Kier alpha value is -3.81. The first-order chi connectivity index (χ1) is 15.7. The summed E-state index contributed by atoms with van der Waals surface area (Å²) < 4.78 is 16.3. The van der Waals surface area contributed by atoms with Crippen LogP contribution in [-0.4, -0.2) is 36.7 Å². The molecule has 0 radical (unpaired) electrons. The van der Waals surface area contributed by atoms with Crippen molar-refractivity contribution in [2.45, 2.75) is 33.2 Å². The molecule has 174 valence electrons. The van der Waals surface area contributed by atoms with Crippen LogP contribution in [0.5, 0.6) is 11.5 Å². The van der Waals surface area contributed by atoms with Gasteiger partial charge in [-0.25, -0.2) is 9.59 Å². The number of carboxylic acid groups (broad SMARTS) is 1. The standard InChI is InChI=1S/C25H27NO7/c1-14(2)11-20(25(29)30)26-22(27)13-32-21-10-9-18-19(12-23(28)33-24(18)15(21)3)16-5-7-17(31-4)8-6-16/h5-10,12,14,20H,11,13H2,1-4H3,(H,26,27)(H,29,30). The number of hydrogen-bond acceptors (Lipinski definition) is 6. The minimum absolute atomic E-state index is 0.109. The van der Waals surface area contributed by atoms with Crippen LogP contribution in [0.2, 0.25) is 0 Å². The predicted molar refractivity (Wildman–Crippen MR) is 124 cm³/mol. The first-order valence-electron chi connectivity index (χ1n) is 10.6. The second-order valence-electron chi connectivity index (χ2n) is 8.15. The Balaban J connectivity index is 1.84. The van der Waals surface area contributed by atoms with E-state index in [4.69, 9.17) is 13.9 Å². The van der Waals surface area contributed by atoms with Crippen LogP contribution >= 0.6 is 0 Å². The van der Waals surface area contributed by atoms with E-state index >= 15 is 0 Å². The summed E-state index contributed by atoms with van der Waals surface area (Å²) >= 11 is 0. The van der Waals surface area contributed by atoms with Gasteiger partial charge < -0.3 is 24.3 Å². The van der Waals surface area contributed by atoms with Gasteiger partial charge in [-0.2, -0.15) is 0 Å². The lowest BCUT2D eigenvalue weighted by atomic mass is 10.00. The Morgan fingerprint density at radius 3 is 2.42 bits per heavy atom. The number of nitrogens with one attached hydrogen (secondary N) is 1. The predicted octanol–water partition coefficient (Wildman–Crippen LogP) is 3.77. The maximum Gasteiger partial charge on any atom is 0.336 e. The van der Waals surface area contributed by atoms with Gasteiger partial charge in [0, 0.05) is 17.0 Å². The third-order valence-electron chi connectivity index (χ3n) is 5.21. The first-order valence-corrected chi connectivity index (χ1v) is 10.6. The van der Waals surface area contributed by atoms with Crippen LogP contribution in [0.25, 0.3) is 22.1 Å². The minimum Gasteiger partial charge on any atom is -0.497 e. The lowest BCUT2D eigenvalue weighted by molar-refractivity contribution is -0.142. The van der Waals surface area contributed by atoms with Crippen LogP contribution in [0.4, 0.5) is 0 Å². The number of fused-ring (bicyclic) bond motifs is 1. The number of ether oxygens (including phenoxy) is 2. The van der Waals surface area contributed by atoms with Crippen molar-refractivity contribution in [2.75, 3.05) is 13.7 Å². The highest BCUT2D eigenvalue weighted by atomic mass is 16.5. The third kappa shape index (κ3) is 5.71. The van der Waals surface area contributed by atoms with Crippen molar-refractivity contribution < 1.29 is 28.6 Å². The zero-order valence-corrected chi connectivity index (χ0v) is 19.0. The number of benzene rings is 2. The number of aliphatic carboxylic acids is 1. The fourth-order valence-electron chi connectivity index (χ4n) is 3.58. The van der Waals surface area contributed by atoms with Gasteiger partial charge in [0.25, 0.3) is 5.91 Å². The molecule has 1 atom stereocenters. The molecule has 0 aliphatic heterocycles. The van der Waals surface area contributed by atoms with Crippen LogP contribution in [0.15, 0.2) is 51.7 Å². The molecule has 33 heavy (non-hydrogen) atoms. The number of carbonyl (C=O) groups is 2. The molecule has 2 N–H and O–H groups in total. The minimum atomic E-state index is -1.09. The largest absolute Gasteiger partial charge is 0.497 e. The number of carbonyl (C=O) groups excluding carboxylic acids is 1. The molecule has 1 unspecified atom stereocenters. The average Bonchev–Trinajstić information content (AvgIpc) is 2.77. The van der Waals surface area contributed by atoms with E-state index in [1.54, 1.807) is 26.2 Å². The molecule has 0 aliphatic carbocycles. The van der Waals surface area contributed by atoms with E-state index in [1.165, 1.54) is 6.07 Å². The van der Waals surface area contributed by atoms with E-state index in [9.17, 15) is 19.5 Å². The maximum absolute atomic E-state index is 12.3. The number of aryl methyl sites for hydroxylation is 1. The van der Waals surface area contributed by atoms with Gasteiger partial charge >= 0.3 is 11.6 Å². The van der Waals surface area contributed by atoms with E-state index in [-0.39, 0.29) is 12.5 Å². The van der Waals surface area contributed by atoms with Crippen molar-refractivity contribution in [3.05, 3.63) is 58.4 Å². The fraction of sp³-hybridized carbons (Fsp3) is 0.320. The normalized spacial score (nSPS) is 11.9. The highest BCUT2D eigenvalue weighted by Crippen LogP contribution is 2.33. The second-order valence-corrected chi connectivity index (χ2v) is 8.15. The number of amides is 1. The van der Waals surface area contributed by atoms with Gasteiger partial charge in [0.1, 0.15) is 23.1 Å². The van der Waals surface area contributed by atoms with Crippen molar-refractivity contribution >= 4 is 22.8 Å². The lowest BCUT2D eigenvalue weighted by Gasteiger charge is -2.17. The zero-order valence-electron chi connectivity index (χ0n) is 19.0. The molecule has 2 aromatic carbocycles. The van der Waals surface area contributed by atoms with Crippen LogP contribution in [0, 0.1) is 12.8 Å². The van der Waals surface area contributed by atoms with Gasteiger partial charge in [-0.15, -0.1) is 0 Å². The number of carboxylic acids is 1. The summed E-state index contributed by atoms with van der Waals surface area (Å²) in [6.07, 6.45) is 0.315. The summed E-state index contributed by atoms with van der Waals surface area (Å²) in [5.41, 5.74) is 1.93. The van der Waals surface area contributed by atoms with Gasteiger partial charge in [0.05, 0.1) is 7.11 Å². The van der Waals surface area contributed by atoms with Crippen molar-refractivity contribution in [1.82, 2.24) is 5.32 Å². The van der Waals surface area contributed by atoms with E-state index in [0.29, 0.717) is 34.6 Å². The molecule has 8 heteroatoms. The van der Waals surface area contributed by atoms with Crippen molar-refractivity contribution in [2.24, 2.45) is 5.92 Å². The first kappa shape index (κ1) is 23.8. The summed E-state index contributed by atoms with van der Waals surface area (Å²) in [5.74, 6) is -0.460. The summed E-state index contributed by atoms with van der Waals surface area (Å²) in [6.45, 7) is 5.13. The zero-order chi connectivity index (χ0) is 24.1. The number of methoxy groups -OCH3 is 1. The van der Waals surface area contributed by atoms with Gasteiger partial charge in [-0.3, -0.25) is 4.79 Å². The van der Waals surface area contributed by atoms with Crippen LogP contribution < -0.4 is 20.4 Å². The maximum atomic E-state index is 12.3. The van der Waals surface area contributed by atoms with Crippen molar-refractivity contribution in [3.8, 4) is 22.6 Å². The van der Waals surface area contributed by atoms with Gasteiger partial charge in [0.2, 0.25) is 0 Å². The summed E-state index contributed by atoms with van der Waals surface area (Å²) in [5, 5.41) is 12.5. The molecule has 0 aliphatic rings. The fourth-order valence-corrected chi connectivity index (χ4v) is 3.58. The van der Waals surface area contributed by atoms with Gasteiger partial charge in [-0.05, 0) is 54.7 Å². The molecule has 8 nitrogen and oxygen atoms in total. The Labute approximate surface area is 191 Å². The summed E-state index contributed by atoms with van der Waals surface area (Å²) in [4.78, 5) is 35.9. The van der Waals surface area contributed by atoms with Crippen molar-refractivity contribution in [1.29, 1.82) is 0 Å². The molecule has 3 rings (SSSR count). The monoisotopic (exact) mass is 453 g/mol. The quantitative estimate of drug-likeness (QED) is 0.474. The number of rotatable bonds is 9. The smallest absolute Gasteiger partial charge is 0.336 e. The highest BCUT2D eigenvalue weighted by molar-refractivity contribution is 5.95. The summed E-state index contributed by atoms with van der Waals surface area (Å²) in [6, 6.07) is 11.2. The van der Waals surface area contributed by atoms with Gasteiger partial charge in [-0.1, -0.05) is 26.0 Å². The molecule has 0 fully saturated rings. The molecular formula is C25H27NO7. The molecule has 0 saturated carbocycles. The molecule has 1 amide bonds. The van der Waals surface area contributed by atoms with Crippen molar-refractivity contribution in [3.63, 3.8) is 0 Å². The summed E-state index contributed by atoms with van der Waals surface area (Å²) in [7, 11) is 1.58. The molecule has 0 spiro atoms. The average molecular weight is 453 g/mol. The van der Waals surface area contributed by atoms with Gasteiger partial charge in [0.15, 0.2) is 6.61 Å². The Bertz CT molecular complexity index is 1210. The Morgan fingerprint density at radius 1 is 1.12 bits per heavy atom.